The highest BCUT2D eigenvalue weighted by Gasteiger charge is 2.27. The molecule has 0 bridgehead atoms. The molecule has 2 N–H and O–H groups in total. The molecule has 1 saturated heterocycles. The van der Waals surface area contributed by atoms with Crippen LogP contribution in [0.25, 0.3) is 0 Å². The van der Waals surface area contributed by atoms with E-state index in [4.69, 9.17) is 0 Å². The van der Waals surface area contributed by atoms with Crippen molar-refractivity contribution in [3.8, 4) is 0 Å². The Morgan fingerprint density at radius 2 is 1.86 bits per heavy atom. The fraction of sp³-hybridized carbons (Fsp3) is 0.545. The number of anilines is 2. The summed E-state index contributed by atoms with van der Waals surface area (Å²) in [6, 6.07) is 7.92. The Balaban J connectivity index is 1.69. The van der Waals surface area contributed by atoms with Crippen molar-refractivity contribution in [3.05, 3.63) is 43.0 Å². The van der Waals surface area contributed by atoms with E-state index in [0.717, 1.165) is 24.5 Å². The Hall–Kier alpha value is -2.50. The van der Waals surface area contributed by atoms with Crippen molar-refractivity contribution in [1.29, 1.82) is 0 Å². The number of para-hydroxylation sites is 2. The highest BCUT2D eigenvalue weighted by Crippen LogP contribution is 2.28. The SMILES string of the molecule is CC(C)(C)[C@H](Cn1ccnc1)NC(=O)Nc1ccccc1N1CCCCCC1. The molecule has 2 amide bonds. The fourth-order valence-electron chi connectivity index (χ4n) is 3.62. The van der Waals surface area contributed by atoms with Crippen molar-refractivity contribution >= 4 is 17.4 Å². The molecule has 0 spiro atoms. The second-order valence-corrected chi connectivity index (χ2v) is 8.69. The molecule has 3 rings (SSSR count). The molecule has 0 saturated carbocycles. The van der Waals surface area contributed by atoms with Crippen LogP contribution in [0.3, 0.4) is 0 Å². The largest absolute Gasteiger partial charge is 0.370 e. The van der Waals surface area contributed by atoms with Crippen LogP contribution in [0.4, 0.5) is 16.2 Å². The number of hydrogen-bond donors (Lipinski definition) is 2. The van der Waals surface area contributed by atoms with Gasteiger partial charge in [-0.15, -0.1) is 0 Å². The van der Waals surface area contributed by atoms with E-state index in [2.05, 4.69) is 47.4 Å². The fourth-order valence-corrected chi connectivity index (χ4v) is 3.62. The van der Waals surface area contributed by atoms with Crippen LogP contribution in [0, 0.1) is 5.41 Å². The summed E-state index contributed by atoms with van der Waals surface area (Å²) in [7, 11) is 0. The number of nitrogens with zero attached hydrogens (tertiary/aromatic N) is 3. The molecule has 0 radical (unpaired) electrons. The summed E-state index contributed by atoms with van der Waals surface area (Å²) in [5.41, 5.74) is 1.91. The van der Waals surface area contributed by atoms with Crippen molar-refractivity contribution < 1.29 is 4.79 Å². The zero-order valence-electron chi connectivity index (χ0n) is 17.3. The van der Waals surface area contributed by atoms with Crippen molar-refractivity contribution in [2.75, 3.05) is 23.3 Å². The lowest BCUT2D eigenvalue weighted by Gasteiger charge is -2.32. The highest BCUT2D eigenvalue weighted by atomic mass is 16.2. The van der Waals surface area contributed by atoms with Gasteiger partial charge < -0.3 is 20.1 Å². The summed E-state index contributed by atoms with van der Waals surface area (Å²) in [6.45, 7) is 9.20. The second kappa shape index (κ2) is 9.13. The Kier molecular flexibility index (Phi) is 6.60. The maximum atomic E-state index is 12.8. The van der Waals surface area contributed by atoms with Crippen LogP contribution in [-0.2, 0) is 6.54 Å². The average Bonchev–Trinajstić information content (AvgIpc) is 3.01. The summed E-state index contributed by atoms with van der Waals surface area (Å²) < 4.78 is 2.00. The monoisotopic (exact) mass is 383 g/mol. The molecule has 1 aliphatic heterocycles. The Morgan fingerprint density at radius 1 is 1.14 bits per heavy atom. The first-order valence-electron chi connectivity index (χ1n) is 10.3. The van der Waals surface area contributed by atoms with Gasteiger partial charge in [0.15, 0.2) is 0 Å². The van der Waals surface area contributed by atoms with Gasteiger partial charge in [0, 0.05) is 32.0 Å². The lowest BCUT2D eigenvalue weighted by Crippen LogP contribution is -2.48. The van der Waals surface area contributed by atoms with Crippen LogP contribution < -0.4 is 15.5 Å². The number of benzene rings is 1. The number of rotatable bonds is 5. The molecule has 0 unspecified atom stereocenters. The third-order valence-corrected chi connectivity index (χ3v) is 5.40. The molecular weight excluding hydrogens is 350 g/mol. The lowest BCUT2D eigenvalue weighted by atomic mass is 9.86. The third kappa shape index (κ3) is 5.50. The van der Waals surface area contributed by atoms with Gasteiger partial charge in [-0.05, 0) is 30.4 Å². The van der Waals surface area contributed by atoms with Crippen LogP contribution >= 0.6 is 0 Å². The molecule has 28 heavy (non-hydrogen) atoms. The number of aromatic nitrogens is 2. The van der Waals surface area contributed by atoms with Crippen LogP contribution in [-0.4, -0.2) is 34.7 Å². The van der Waals surface area contributed by atoms with Crippen molar-refractivity contribution in [1.82, 2.24) is 14.9 Å². The molecule has 1 aromatic carbocycles. The van der Waals surface area contributed by atoms with E-state index < -0.39 is 0 Å². The van der Waals surface area contributed by atoms with Crippen LogP contribution in [0.2, 0.25) is 0 Å². The molecular formula is C22H33N5O. The van der Waals surface area contributed by atoms with E-state index in [1.165, 1.54) is 25.7 Å². The first-order valence-corrected chi connectivity index (χ1v) is 10.3. The van der Waals surface area contributed by atoms with Gasteiger partial charge in [0.2, 0.25) is 0 Å². The lowest BCUT2D eigenvalue weighted by molar-refractivity contribution is 0.219. The molecule has 1 atom stereocenters. The van der Waals surface area contributed by atoms with E-state index in [1.54, 1.807) is 12.5 Å². The first-order chi connectivity index (χ1) is 13.4. The minimum Gasteiger partial charge on any atom is -0.370 e. The summed E-state index contributed by atoms with van der Waals surface area (Å²) in [4.78, 5) is 19.3. The molecule has 2 aromatic rings. The van der Waals surface area contributed by atoms with E-state index >= 15 is 0 Å². The second-order valence-electron chi connectivity index (χ2n) is 8.69. The summed E-state index contributed by atoms with van der Waals surface area (Å²) >= 11 is 0. The highest BCUT2D eigenvalue weighted by molar-refractivity contribution is 5.93. The number of urea groups is 1. The number of hydrogen-bond acceptors (Lipinski definition) is 3. The van der Waals surface area contributed by atoms with E-state index in [0.29, 0.717) is 6.54 Å². The molecule has 2 heterocycles. The van der Waals surface area contributed by atoms with Gasteiger partial charge >= 0.3 is 6.03 Å². The van der Waals surface area contributed by atoms with Gasteiger partial charge in [-0.1, -0.05) is 45.7 Å². The van der Waals surface area contributed by atoms with E-state index in [-0.39, 0.29) is 17.5 Å². The molecule has 6 nitrogen and oxygen atoms in total. The van der Waals surface area contributed by atoms with E-state index in [1.807, 2.05) is 29.0 Å². The van der Waals surface area contributed by atoms with Crippen molar-refractivity contribution in [2.45, 2.75) is 59.0 Å². The number of amides is 2. The predicted molar refractivity (Wildman–Crippen MR) is 115 cm³/mol. The van der Waals surface area contributed by atoms with Crippen molar-refractivity contribution in [2.24, 2.45) is 5.41 Å². The maximum absolute atomic E-state index is 12.8. The Morgan fingerprint density at radius 3 is 2.50 bits per heavy atom. The van der Waals surface area contributed by atoms with Gasteiger partial charge in [-0.3, -0.25) is 0 Å². The first kappa shape index (κ1) is 20.2. The number of carbonyl (C=O) groups is 1. The van der Waals surface area contributed by atoms with Crippen molar-refractivity contribution in [3.63, 3.8) is 0 Å². The van der Waals surface area contributed by atoms with E-state index in [9.17, 15) is 4.79 Å². The Bertz CT molecular complexity index is 743. The van der Waals surface area contributed by atoms with Crippen LogP contribution in [0.15, 0.2) is 43.0 Å². The van der Waals surface area contributed by atoms with Gasteiger partial charge in [0.05, 0.1) is 23.7 Å². The van der Waals surface area contributed by atoms with Gasteiger partial charge in [-0.2, -0.15) is 0 Å². The summed E-state index contributed by atoms with van der Waals surface area (Å²) in [5.74, 6) is 0. The van der Waals surface area contributed by atoms with Gasteiger partial charge in [0.1, 0.15) is 0 Å². The minimum absolute atomic E-state index is 0.0213. The minimum atomic E-state index is -0.165. The topological polar surface area (TPSA) is 62.2 Å². The molecule has 1 aromatic heterocycles. The third-order valence-electron chi connectivity index (χ3n) is 5.40. The molecule has 1 aliphatic rings. The zero-order valence-corrected chi connectivity index (χ0v) is 17.3. The van der Waals surface area contributed by atoms with Gasteiger partial charge in [0.25, 0.3) is 0 Å². The smallest absolute Gasteiger partial charge is 0.319 e. The average molecular weight is 384 g/mol. The predicted octanol–water partition coefficient (Wildman–Crippen LogP) is 4.50. The molecule has 0 aliphatic carbocycles. The van der Waals surface area contributed by atoms with Crippen LogP contribution in [0.1, 0.15) is 46.5 Å². The van der Waals surface area contributed by atoms with Gasteiger partial charge in [-0.25, -0.2) is 9.78 Å². The zero-order chi connectivity index (χ0) is 20.0. The quantitative estimate of drug-likeness (QED) is 0.799. The molecule has 152 valence electrons. The molecule has 1 fully saturated rings. The normalized spacial score (nSPS) is 16.3. The number of imidazole rings is 1. The van der Waals surface area contributed by atoms with Crippen LogP contribution in [0.5, 0.6) is 0 Å². The molecule has 6 heteroatoms. The number of carbonyl (C=O) groups excluding carboxylic acids is 1. The Labute approximate surface area is 168 Å². The summed E-state index contributed by atoms with van der Waals surface area (Å²) in [6.07, 6.45) is 10.5. The maximum Gasteiger partial charge on any atom is 0.319 e. The standard InChI is InChI=1S/C22H33N5O/c1-22(2,3)20(16-26-15-12-23-17-26)25-21(28)24-18-10-6-7-11-19(18)27-13-8-4-5-9-14-27/h6-7,10-12,15,17,20H,4-5,8-9,13-14,16H2,1-3H3,(H2,24,25,28)/t20-/m0/s1. The summed E-state index contributed by atoms with van der Waals surface area (Å²) in [5, 5.41) is 6.26. The number of nitrogens with one attached hydrogen (secondary N) is 2.